The van der Waals surface area contributed by atoms with Crippen molar-refractivity contribution in [3.8, 4) is 0 Å². The van der Waals surface area contributed by atoms with Gasteiger partial charge in [-0.2, -0.15) is 0 Å². The molecule has 0 atom stereocenters. The molecule has 0 radical (unpaired) electrons. The molecule has 60 valence electrons. The van der Waals surface area contributed by atoms with Crippen molar-refractivity contribution in [2.75, 3.05) is 0 Å². The van der Waals surface area contributed by atoms with E-state index in [0.717, 1.165) is 5.69 Å². The fourth-order valence-corrected chi connectivity index (χ4v) is 1.49. The SMILES string of the molecule is Cc1cc(Cl)c(CN)c(Cl)n1. The minimum atomic E-state index is 0.324. The molecule has 0 aliphatic heterocycles. The Kier molecular flexibility index (Phi) is 2.71. The molecule has 1 aromatic heterocycles. The number of aromatic nitrogens is 1. The molecule has 0 amide bonds. The van der Waals surface area contributed by atoms with Crippen LogP contribution >= 0.6 is 23.2 Å². The third-order valence-electron chi connectivity index (χ3n) is 1.35. The summed E-state index contributed by atoms with van der Waals surface area (Å²) in [4.78, 5) is 4.01. The molecule has 1 rings (SSSR count). The maximum absolute atomic E-state index is 5.83. The maximum atomic E-state index is 5.83. The summed E-state index contributed by atoms with van der Waals surface area (Å²) in [7, 11) is 0. The predicted octanol–water partition coefficient (Wildman–Crippen LogP) is 2.16. The van der Waals surface area contributed by atoms with Crippen LogP contribution in [0.2, 0.25) is 10.2 Å². The van der Waals surface area contributed by atoms with E-state index in [-0.39, 0.29) is 0 Å². The van der Waals surface area contributed by atoms with Crippen LogP contribution in [0.5, 0.6) is 0 Å². The molecule has 0 fully saturated rings. The van der Waals surface area contributed by atoms with E-state index in [1.54, 1.807) is 6.07 Å². The highest BCUT2D eigenvalue weighted by molar-refractivity contribution is 6.35. The van der Waals surface area contributed by atoms with Gasteiger partial charge in [-0.05, 0) is 13.0 Å². The summed E-state index contributed by atoms with van der Waals surface area (Å²) in [5.74, 6) is 0. The van der Waals surface area contributed by atoms with Crippen LogP contribution in [-0.2, 0) is 6.54 Å². The van der Waals surface area contributed by atoms with Crippen LogP contribution in [0.15, 0.2) is 6.07 Å². The van der Waals surface area contributed by atoms with Gasteiger partial charge >= 0.3 is 0 Å². The lowest BCUT2D eigenvalue weighted by atomic mass is 10.2. The Morgan fingerprint density at radius 3 is 2.64 bits per heavy atom. The molecule has 0 spiro atoms. The molecule has 1 heterocycles. The zero-order valence-electron chi connectivity index (χ0n) is 6.06. The Morgan fingerprint density at radius 2 is 2.18 bits per heavy atom. The molecule has 11 heavy (non-hydrogen) atoms. The Hall–Kier alpha value is -0.310. The minimum absolute atomic E-state index is 0.324. The van der Waals surface area contributed by atoms with Crippen LogP contribution in [-0.4, -0.2) is 4.98 Å². The van der Waals surface area contributed by atoms with Gasteiger partial charge in [-0.3, -0.25) is 0 Å². The second-order valence-electron chi connectivity index (χ2n) is 2.22. The third kappa shape index (κ3) is 1.83. The Balaban J connectivity index is 3.25. The summed E-state index contributed by atoms with van der Waals surface area (Å²) in [5.41, 5.74) is 6.90. The zero-order valence-corrected chi connectivity index (χ0v) is 7.58. The van der Waals surface area contributed by atoms with E-state index in [1.165, 1.54) is 0 Å². The van der Waals surface area contributed by atoms with Gasteiger partial charge in [0.15, 0.2) is 0 Å². The molecule has 1 aromatic rings. The monoisotopic (exact) mass is 190 g/mol. The van der Waals surface area contributed by atoms with Crippen molar-refractivity contribution in [2.24, 2.45) is 5.73 Å². The van der Waals surface area contributed by atoms with E-state index >= 15 is 0 Å². The van der Waals surface area contributed by atoms with E-state index in [9.17, 15) is 0 Å². The van der Waals surface area contributed by atoms with Crippen LogP contribution in [0.4, 0.5) is 0 Å². The third-order valence-corrected chi connectivity index (χ3v) is 2.00. The highest BCUT2D eigenvalue weighted by Gasteiger charge is 2.05. The topological polar surface area (TPSA) is 38.9 Å². The normalized spacial score (nSPS) is 10.2. The summed E-state index contributed by atoms with van der Waals surface area (Å²) >= 11 is 11.6. The van der Waals surface area contributed by atoms with Crippen molar-refractivity contribution >= 4 is 23.2 Å². The summed E-state index contributed by atoms with van der Waals surface area (Å²) in [6.45, 7) is 2.16. The number of hydrogen-bond acceptors (Lipinski definition) is 2. The second-order valence-corrected chi connectivity index (χ2v) is 2.98. The Bertz CT molecular complexity index is 250. The van der Waals surface area contributed by atoms with Crippen LogP contribution in [0.3, 0.4) is 0 Å². The first kappa shape index (κ1) is 8.78. The van der Waals surface area contributed by atoms with Gasteiger partial charge in [0.2, 0.25) is 0 Å². The first-order valence-corrected chi connectivity index (χ1v) is 3.92. The first-order valence-electron chi connectivity index (χ1n) is 3.16. The van der Waals surface area contributed by atoms with Crippen molar-refractivity contribution in [1.29, 1.82) is 0 Å². The van der Waals surface area contributed by atoms with Gasteiger partial charge in [0.05, 0.1) is 0 Å². The van der Waals surface area contributed by atoms with Gasteiger partial charge in [0, 0.05) is 22.8 Å². The predicted molar refractivity (Wildman–Crippen MR) is 46.9 cm³/mol. The van der Waals surface area contributed by atoms with Gasteiger partial charge in [-0.15, -0.1) is 0 Å². The lowest BCUT2D eigenvalue weighted by Crippen LogP contribution is -2.00. The lowest BCUT2D eigenvalue weighted by molar-refractivity contribution is 1.03. The molecule has 0 unspecified atom stereocenters. The average Bonchev–Trinajstić information content (AvgIpc) is 1.85. The smallest absolute Gasteiger partial charge is 0.135 e. The number of halogens is 2. The van der Waals surface area contributed by atoms with Gasteiger partial charge in [0.1, 0.15) is 5.15 Å². The highest BCUT2D eigenvalue weighted by atomic mass is 35.5. The fraction of sp³-hybridized carbons (Fsp3) is 0.286. The lowest BCUT2D eigenvalue weighted by Gasteiger charge is -2.03. The minimum Gasteiger partial charge on any atom is -0.326 e. The Labute approximate surface area is 75.3 Å². The molecule has 0 bridgehead atoms. The summed E-state index contributed by atoms with van der Waals surface area (Å²) in [5, 5.41) is 0.988. The molecule has 4 heteroatoms. The van der Waals surface area contributed by atoms with Crippen molar-refractivity contribution < 1.29 is 0 Å². The molecule has 0 aromatic carbocycles. The number of rotatable bonds is 1. The summed E-state index contributed by atoms with van der Waals surface area (Å²) in [6.07, 6.45) is 0. The molecule has 0 aliphatic carbocycles. The van der Waals surface area contributed by atoms with Crippen molar-refractivity contribution in [2.45, 2.75) is 13.5 Å². The van der Waals surface area contributed by atoms with E-state index in [1.807, 2.05) is 6.92 Å². The van der Waals surface area contributed by atoms with Crippen molar-refractivity contribution in [1.82, 2.24) is 4.98 Å². The van der Waals surface area contributed by atoms with E-state index in [4.69, 9.17) is 28.9 Å². The average molecular weight is 191 g/mol. The number of nitrogens with two attached hydrogens (primary N) is 1. The van der Waals surface area contributed by atoms with Gasteiger partial charge in [0.25, 0.3) is 0 Å². The molecule has 0 aliphatic rings. The number of nitrogens with zero attached hydrogens (tertiary/aromatic N) is 1. The second kappa shape index (κ2) is 3.39. The largest absolute Gasteiger partial charge is 0.326 e. The fourth-order valence-electron chi connectivity index (χ4n) is 0.805. The quantitative estimate of drug-likeness (QED) is 0.690. The van der Waals surface area contributed by atoms with Crippen molar-refractivity contribution in [3.05, 3.63) is 27.5 Å². The van der Waals surface area contributed by atoms with Crippen molar-refractivity contribution in [3.63, 3.8) is 0 Å². The van der Waals surface area contributed by atoms with E-state index in [0.29, 0.717) is 22.3 Å². The number of hydrogen-bond donors (Lipinski definition) is 1. The molecular weight excluding hydrogens is 183 g/mol. The van der Waals surface area contributed by atoms with Gasteiger partial charge in [-0.25, -0.2) is 4.98 Å². The molecule has 2 nitrogen and oxygen atoms in total. The molecule has 0 saturated carbocycles. The van der Waals surface area contributed by atoms with E-state index < -0.39 is 0 Å². The number of aryl methyl sites for hydroxylation is 1. The van der Waals surface area contributed by atoms with E-state index in [2.05, 4.69) is 4.98 Å². The summed E-state index contributed by atoms with van der Waals surface area (Å²) < 4.78 is 0. The van der Waals surface area contributed by atoms with Gasteiger partial charge in [-0.1, -0.05) is 23.2 Å². The van der Waals surface area contributed by atoms with Crippen LogP contribution in [0, 0.1) is 6.92 Å². The van der Waals surface area contributed by atoms with Crippen LogP contribution in [0.1, 0.15) is 11.3 Å². The molecule has 0 saturated heterocycles. The summed E-state index contributed by atoms with van der Waals surface area (Å²) in [6, 6.07) is 1.75. The maximum Gasteiger partial charge on any atom is 0.135 e. The zero-order chi connectivity index (χ0) is 8.43. The molecular formula is C7H8Cl2N2. The molecule has 2 N–H and O–H groups in total. The Morgan fingerprint density at radius 1 is 1.55 bits per heavy atom. The van der Waals surface area contributed by atoms with Crippen LogP contribution in [0.25, 0.3) is 0 Å². The number of pyridine rings is 1. The van der Waals surface area contributed by atoms with Gasteiger partial charge < -0.3 is 5.73 Å². The van der Waals surface area contributed by atoms with Crippen LogP contribution < -0.4 is 5.73 Å². The first-order chi connectivity index (χ1) is 5.15. The highest BCUT2D eigenvalue weighted by Crippen LogP contribution is 2.22. The standard InChI is InChI=1S/C7H8Cl2N2/c1-4-2-6(8)5(3-10)7(9)11-4/h2H,3,10H2,1H3.